The molecule has 2 heterocycles. The third-order valence-electron chi connectivity index (χ3n) is 3.98. The van der Waals surface area contributed by atoms with Crippen LogP contribution < -0.4 is 4.52 Å². The summed E-state index contributed by atoms with van der Waals surface area (Å²) in [5.74, 6) is 0.370. The molecule has 0 spiro atoms. The Bertz CT molecular complexity index is 938. The van der Waals surface area contributed by atoms with Crippen molar-refractivity contribution >= 4 is 32.7 Å². The molecule has 1 saturated heterocycles. The quantitative estimate of drug-likeness (QED) is 0.529. The summed E-state index contributed by atoms with van der Waals surface area (Å²) in [4.78, 5) is 2.78. The van der Waals surface area contributed by atoms with Gasteiger partial charge in [0.2, 0.25) is 0 Å². The number of halogens is 1. The Morgan fingerprint density at radius 2 is 2.07 bits per heavy atom. The summed E-state index contributed by atoms with van der Waals surface area (Å²) in [6.07, 6.45) is -3.84. The zero-order valence-electron chi connectivity index (χ0n) is 14.1. The number of para-hydroxylation sites is 1. The molecule has 11 heteroatoms. The van der Waals surface area contributed by atoms with Crippen LogP contribution in [0.4, 0.5) is 4.39 Å². The molecule has 1 fully saturated rings. The normalized spacial score (nSPS) is 25.4. The van der Waals surface area contributed by atoms with Crippen LogP contribution in [0.25, 0.3) is 0 Å². The van der Waals surface area contributed by atoms with E-state index in [2.05, 4.69) is 4.98 Å². The molecule has 1 aromatic carbocycles. The third kappa shape index (κ3) is 4.66. The van der Waals surface area contributed by atoms with Gasteiger partial charge >= 0.3 is 8.25 Å². The standard InChI is InChI=1S/C16H16FN2O5PS2/c1-9-7-19(16(27)18-14(9)26)15-12(17)13(20)11(23-15)8-22-25(21)24-10-5-3-2-4-6-10/h2-7,11-13,15,20H,8H2,1H3/p+1/t11-,12+,13?,15-/m0/s1. The zero-order valence-corrected chi connectivity index (χ0v) is 16.7. The number of ether oxygens (including phenoxy) is 1. The van der Waals surface area contributed by atoms with Gasteiger partial charge in [-0.2, -0.15) is 0 Å². The van der Waals surface area contributed by atoms with Crippen molar-refractivity contribution in [2.45, 2.75) is 31.5 Å². The molecule has 1 aliphatic rings. The highest BCUT2D eigenvalue weighted by Gasteiger charge is 2.46. The maximum Gasteiger partial charge on any atom is 0.750 e. The van der Waals surface area contributed by atoms with Crippen molar-refractivity contribution in [2.24, 2.45) is 0 Å². The number of aliphatic hydroxyl groups is 1. The molecule has 0 aliphatic carbocycles. The molecule has 7 nitrogen and oxygen atoms in total. The van der Waals surface area contributed by atoms with Crippen LogP contribution in [0.5, 0.6) is 5.75 Å². The molecule has 3 rings (SSSR count). The van der Waals surface area contributed by atoms with E-state index in [-0.39, 0.29) is 11.4 Å². The highest BCUT2D eigenvalue weighted by Crippen LogP contribution is 2.35. The molecule has 0 bridgehead atoms. The summed E-state index contributed by atoms with van der Waals surface area (Å²) in [5.41, 5.74) is 0.683. The smallest absolute Gasteiger partial charge is 0.387 e. The molecule has 1 aromatic heterocycles. The Morgan fingerprint density at radius 3 is 2.78 bits per heavy atom. The first-order valence-electron chi connectivity index (χ1n) is 7.99. The van der Waals surface area contributed by atoms with Gasteiger partial charge in [-0.05, 0) is 31.3 Å². The highest BCUT2D eigenvalue weighted by molar-refractivity contribution is 7.72. The molecule has 1 aliphatic heterocycles. The van der Waals surface area contributed by atoms with Gasteiger partial charge in [0.1, 0.15) is 23.5 Å². The van der Waals surface area contributed by atoms with E-state index in [4.69, 9.17) is 38.2 Å². The van der Waals surface area contributed by atoms with Crippen molar-refractivity contribution in [3.63, 3.8) is 0 Å². The van der Waals surface area contributed by atoms with Gasteiger partial charge in [0.05, 0.1) is 0 Å². The summed E-state index contributed by atoms with van der Waals surface area (Å²) in [6.45, 7) is 1.43. The zero-order chi connectivity index (χ0) is 19.6. The molecule has 0 radical (unpaired) electrons. The molecule has 2 aromatic rings. The van der Waals surface area contributed by atoms with E-state index in [0.717, 1.165) is 0 Å². The van der Waals surface area contributed by atoms with E-state index >= 15 is 0 Å². The van der Waals surface area contributed by atoms with Crippen LogP contribution >= 0.6 is 32.7 Å². The van der Waals surface area contributed by atoms with Crippen LogP contribution in [-0.4, -0.2) is 39.6 Å². The molecule has 2 unspecified atom stereocenters. The largest absolute Gasteiger partial charge is 0.750 e. The summed E-state index contributed by atoms with van der Waals surface area (Å²) in [5, 5.41) is 10.1. The minimum atomic E-state index is -2.50. The average molecular weight is 431 g/mol. The van der Waals surface area contributed by atoms with Crippen molar-refractivity contribution in [1.29, 1.82) is 0 Å². The van der Waals surface area contributed by atoms with Gasteiger partial charge < -0.3 is 14.8 Å². The van der Waals surface area contributed by atoms with Crippen LogP contribution in [0, 0.1) is 16.3 Å². The average Bonchev–Trinajstić information content (AvgIpc) is 2.92. The van der Waals surface area contributed by atoms with E-state index in [1.54, 1.807) is 43.5 Å². The molecule has 0 amide bonds. The summed E-state index contributed by atoms with van der Waals surface area (Å²) < 4.78 is 44.2. The van der Waals surface area contributed by atoms with Gasteiger partial charge in [-0.1, -0.05) is 30.4 Å². The number of nitrogens with one attached hydrogen (secondary N) is 1. The Labute approximate surface area is 165 Å². The van der Waals surface area contributed by atoms with E-state index in [1.165, 1.54) is 4.57 Å². The van der Waals surface area contributed by atoms with Crippen LogP contribution in [0.15, 0.2) is 36.5 Å². The first-order chi connectivity index (χ1) is 12.9. The van der Waals surface area contributed by atoms with Crippen molar-refractivity contribution in [1.82, 2.24) is 9.55 Å². The second-order valence-electron chi connectivity index (χ2n) is 5.90. The fourth-order valence-corrected chi connectivity index (χ4v) is 3.66. The molecular weight excluding hydrogens is 414 g/mol. The number of hydrogen-bond acceptors (Lipinski definition) is 7. The van der Waals surface area contributed by atoms with Crippen LogP contribution in [0.1, 0.15) is 11.8 Å². The fourth-order valence-electron chi connectivity index (χ4n) is 2.57. The lowest BCUT2D eigenvalue weighted by Crippen LogP contribution is -2.31. The minimum absolute atomic E-state index is 0.172. The van der Waals surface area contributed by atoms with E-state index in [0.29, 0.717) is 16.0 Å². The number of aliphatic hydroxyl groups excluding tert-OH is 1. The third-order valence-corrected chi connectivity index (χ3v) is 5.44. The van der Waals surface area contributed by atoms with Crippen molar-refractivity contribution in [3.8, 4) is 5.75 Å². The Hall–Kier alpha value is -1.55. The topological polar surface area (TPSA) is 85.7 Å². The van der Waals surface area contributed by atoms with Crippen molar-refractivity contribution in [2.75, 3.05) is 6.61 Å². The second kappa shape index (κ2) is 8.64. The second-order valence-corrected chi connectivity index (χ2v) is 7.59. The lowest BCUT2D eigenvalue weighted by Gasteiger charge is -2.17. The van der Waals surface area contributed by atoms with Gasteiger partial charge in [-0.3, -0.25) is 4.57 Å². The minimum Gasteiger partial charge on any atom is -0.387 e. The number of aromatic amines is 1. The lowest BCUT2D eigenvalue weighted by molar-refractivity contribution is -0.0440. The van der Waals surface area contributed by atoms with Gasteiger partial charge in [0, 0.05) is 16.3 Å². The number of rotatable bonds is 6. The molecule has 0 saturated carbocycles. The fraction of sp³-hybridized carbons (Fsp3) is 0.375. The molecule has 144 valence electrons. The Kier molecular flexibility index (Phi) is 6.46. The van der Waals surface area contributed by atoms with E-state index in [9.17, 15) is 14.1 Å². The van der Waals surface area contributed by atoms with Crippen LogP contribution in [0.2, 0.25) is 0 Å². The predicted molar refractivity (Wildman–Crippen MR) is 101 cm³/mol. The molecule has 5 atom stereocenters. The van der Waals surface area contributed by atoms with E-state index in [1.807, 2.05) is 0 Å². The highest BCUT2D eigenvalue weighted by atomic mass is 32.1. The van der Waals surface area contributed by atoms with E-state index < -0.39 is 32.9 Å². The molecule has 2 N–H and O–H groups in total. The Morgan fingerprint density at radius 1 is 1.37 bits per heavy atom. The van der Waals surface area contributed by atoms with Crippen molar-refractivity contribution in [3.05, 3.63) is 51.5 Å². The molecule has 27 heavy (non-hydrogen) atoms. The number of hydrogen-bond donors (Lipinski definition) is 2. The van der Waals surface area contributed by atoms with Gasteiger partial charge in [-0.25, -0.2) is 8.91 Å². The number of alkyl halides is 1. The van der Waals surface area contributed by atoms with Gasteiger partial charge in [0.25, 0.3) is 0 Å². The van der Waals surface area contributed by atoms with Gasteiger partial charge in [0.15, 0.2) is 22.9 Å². The summed E-state index contributed by atoms with van der Waals surface area (Å²) >= 11 is 10.2. The number of benzene rings is 1. The van der Waals surface area contributed by atoms with Crippen LogP contribution in [0.3, 0.4) is 0 Å². The first kappa shape index (κ1) is 20.2. The maximum atomic E-state index is 14.6. The number of H-pyrrole nitrogens is 1. The van der Waals surface area contributed by atoms with Crippen LogP contribution in [-0.2, 0) is 13.8 Å². The molecular formula is C16H17FN2O5PS2+. The van der Waals surface area contributed by atoms with Crippen molar-refractivity contribution < 1.29 is 27.8 Å². The number of nitrogens with zero attached hydrogens (tertiary/aromatic N) is 1. The summed E-state index contributed by atoms with van der Waals surface area (Å²) in [6, 6.07) is 8.46. The maximum absolute atomic E-state index is 14.6. The first-order valence-corrected chi connectivity index (χ1v) is 9.91. The monoisotopic (exact) mass is 431 g/mol. The summed E-state index contributed by atoms with van der Waals surface area (Å²) in [7, 11) is -2.50. The number of aryl methyl sites for hydroxylation is 1. The predicted octanol–water partition coefficient (Wildman–Crippen LogP) is 3.93. The SMILES string of the molecule is Cc1cn([C@H]2O[C@@H](CO[P+](=O)Oc3ccccc3)C(O)[C@H]2F)c(=S)[nH]c1=S. The Balaban J connectivity index is 1.65. The van der Waals surface area contributed by atoms with Gasteiger partial charge in [-0.15, -0.1) is 4.52 Å². The lowest BCUT2D eigenvalue weighted by atomic mass is 10.1. The number of aromatic nitrogens is 2.